The Morgan fingerprint density at radius 2 is 1.55 bits per heavy atom. The van der Waals surface area contributed by atoms with Crippen molar-refractivity contribution in [2.24, 2.45) is 0 Å². The quantitative estimate of drug-likeness (QED) is 0.681. The van der Waals surface area contributed by atoms with Crippen molar-refractivity contribution in [1.29, 1.82) is 0 Å². The Hall–Kier alpha value is -2.62. The van der Waals surface area contributed by atoms with Gasteiger partial charge in [0.2, 0.25) is 0 Å². The second-order valence-electron chi connectivity index (χ2n) is 5.43. The van der Waals surface area contributed by atoms with Gasteiger partial charge in [0.15, 0.2) is 0 Å². The number of carbonyl (C=O) groups is 2. The molecule has 4 heteroatoms. The van der Waals surface area contributed by atoms with Crippen LogP contribution in [0.25, 0.3) is 0 Å². The van der Waals surface area contributed by atoms with Crippen molar-refractivity contribution in [3.63, 3.8) is 0 Å². The lowest BCUT2D eigenvalue weighted by Gasteiger charge is -2.13. The van der Waals surface area contributed by atoms with Crippen molar-refractivity contribution < 1.29 is 14.7 Å². The minimum absolute atomic E-state index is 0.196. The highest BCUT2D eigenvalue weighted by Crippen LogP contribution is 2.23. The number of imide groups is 1. The summed E-state index contributed by atoms with van der Waals surface area (Å²) in [5.41, 5.74) is 2.06. The largest absolute Gasteiger partial charge is 0.508 e. The predicted octanol–water partition coefficient (Wildman–Crippen LogP) is 3.01. The van der Waals surface area contributed by atoms with Crippen LogP contribution in [0, 0.1) is 0 Å². The maximum Gasteiger partial charge on any atom is 0.261 e. The third kappa shape index (κ3) is 2.72. The Labute approximate surface area is 129 Å². The standard InChI is InChI=1S/C18H17NO3/c20-14-8-5-7-13(12-14)6-3-4-11-19-17(21)15-9-1-2-10-16(15)18(19)22/h1-2,5,7-10,12,20H,3-4,6,11H2. The molecule has 4 nitrogen and oxygen atoms in total. The van der Waals surface area contributed by atoms with Crippen molar-refractivity contribution >= 4 is 11.8 Å². The molecule has 2 aromatic carbocycles. The summed E-state index contributed by atoms with van der Waals surface area (Å²) in [4.78, 5) is 25.7. The van der Waals surface area contributed by atoms with Crippen LogP contribution in [0.3, 0.4) is 0 Å². The molecule has 0 aliphatic carbocycles. The molecule has 1 aliphatic rings. The van der Waals surface area contributed by atoms with Gasteiger partial charge in [0.25, 0.3) is 11.8 Å². The number of phenols is 1. The summed E-state index contributed by atoms with van der Waals surface area (Å²) in [5.74, 6) is -0.131. The van der Waals surface area contributed by atoms with Gasteiger partial charge < -0.3 is 5.11 Å². The lowest BCUT2D eigenvalue weighted by Crippen LogP contribution is -2.30. The Kier molecular flexibility index (Phi) is 3.92. The third-order valence-electron chi connectivity index (χ3n) is 3.89. The van der Waals surface area contributed by atoms with Gasteiger partial charge in [-0.3, -0.25) is 14.5 Å². The van der Waals surface area contributed by atoms with Crippen molar-refractivity contribution in [3.05, 3.63) is 65.2 Å². The van der Waals surface area contributed by atoms with E-state index in [1.807, 2.05) is 12.1 Å². The zero-order valence-corrected chi connectivity index (χ0v) is 12.2. The van der Waals surface area contributed by atoms with Crippen LogP contribution < -0.4 is 0 Å². The average Bonchev–Trinajstić information content (AvgIpc) is 2.77. The summed E-state index contributed by atoms with van der Waals surface area (Å²) in [7, 11) is 0. The highest BCUT2D eigenvalue weighted by molar-refractivity contribution is 6.21. The Bertz CT molecular complexity index is 689. The van der Waals surface area contributed by atoms with E-state index >= 15 is 0 Å². The Morgan fingerprint density at radius 1 is 0.864 bits per heavy atom. The minimum atomic E-state index is -0.196. The topological polar surface area (TPSA) is 57.6 Å². The first-order valence-electron chi connectivity index (χ1n) is 7.40. The number of aryl methyl sites for hydroxylation is 1. The first-order chi connectivity index (χ1) is 10.7. The van der Waals surface area contributed by atoms with Gasteiger partial charge in [-0.05, 0) is 49.1 Å². The summed E-state index contributed by atoms with van der Waals surface area (Å²) in [6, 6.07) is 14.1. The summed E-state index contributed by atoms with van der Waals surface area (Å²) in [6.07, 6.45) is 2.43. The van der Waals surface area contributed by atoms with Crippen molar-refractivity contribution in [2.75, 3.05) is 6.54 Å². The molecule has 0 spiro atoms. The van der Waals surface area contributed by atoms with Gasteiger partial charge in [0, 0.05) is 6.54 Å². The molecule has 0 saturated heterocycles. The number of carbonyl (C=O) groups excluding carboxylic acids is 2. The lowest BCUT2D eigenvalue weighted by molar-refractivity contribution is 0.0652. The monoisotopic (exact) mass is 295 g/mol. The van der Waals surface area contributed by atoms with Crippen LogP contribution in [0.4, 0.5) is 0 Å². The molecule has 1 heterocycles. The van der Waals surface area contributed by atoms with E-state index < -0.39 is 0 Å². The van der Waals surface area contributed by atoms with E-state index in [4.69, 9.17) is 0 Å². The number of aromatic hydroxyl groups is 1. The average molecular weight is 295 g/mol. The van der Waals surface area contributed by atoms with E-state index in [1.165, 1.54) is 4.90 Å². The minimum Gasteiger partial charge on any atom is -0.508 e. The number of hydrogen-bond donors (Lipinski definition) is 1. The number of benzene rings is 2. The van der Waals surface area contributed by atoms with E-state index in [-0.39, 0.29) is 17.6 Å². The van der Waals surface area contributed by atoms with Crippen LogP contribution in [0.2, 0.25) is 0 Å². The van der Waals surface area contributed by atoms with E-state index in [0.717, 1.165) is 24.8 Å². The van der Waals surface area contributed by atoms with Crippen molar-refractivity contribution in [3.8, 4) is 5.75 Å². The number of hydrogen-bond acceptors (Lipinski definition) is 3. The number of fused-ring (bicyclic) bond motifs is 1. The van der Waals surface area contributed by atoms with Crippen LogP contribution in [0.5, 0.6) is 5.75 Å². The molecule has 0 fully saturated rings. The first-order valence-corrected chi connectivity index (χ1v) is 7.40. The second-order valence-corrected chi connectivity index (χ2v) is 5.43. The SMILES string of the molecule is O=C1c2ccccc2C(=O)N1CCCCc1cccc(O)c1. The molecular formula is C18H17NO3. The fraction of sp³-hybridized carbons (Fsp3) is 0.222. The molecule has 1 N–H and O–H groups in total. The summed E-state index contributed by atoms with van der Waals surface area (Å²) in [5, 5.41) is 9.41. The van der Waals surface area contributed by atoms with Gasteiger partial charge in [-0.25, -0.2) is 0 Å². The molecule has 0 saturated carbocycles. The first kappa shape index (κ1) is 14.3. The van der Waals surface area contributed by atoms with Crippen molar-refractivity contribution in [1.82, 2.24) is 4.90 Å². The fourth-order valence-corrected chi connectivity index (χ4v) is 2.75. The number of unbranched alkanes of at least 4 members (excludes halogenated alkanes) is 1. The van der Waals surface area contributed by atoms with Crippen LogP contribution in [-0.2, 0) is 6.42 Å². The molecule has 3 rings (SSSR count). The van der Waals surface area contributed by atoms with Crippen LogP contribution >= 0.6 is 0 Å². The second kappa shape index (κ2) is 6.02. The molecule has 0 aromatic heterocycles. The van der Waals surface area contributed by atoms with E-state index in [0.29, 0.717) is 17.7 Å². The molecule has 0 bridgehead atoms. The molecule has 2 aromatic rings. The molecule has 112 valence electrons. The van der Waals surface area contributed by atoms with Gasteiger partial charge in [0.05, 0.1) is 11.1 Å². The Balaban J connectivity index is 1.55. The van der Waals surface area contributed by atoms with E-state index in [9.17, 15) is 14.7 Å². The van der Waals surface area contributed by atoms with Gasteiger partial charge in [-0.2, -0.15) is 0 Å². The molecule has 0 radical (unpaired) electrons. The highest BCUT2D eigenvalue weighted by atomic mass is 16.3. The maximum atomic E-state index is 12.2. The van der Waals surface area contributed by atoms with Gasteiger partial charge >= 0.3 is 0 Å². The molecule has 1 aliphatic heterocycles. The Morgan fingerprint density at radius 3 is 2.18 bits per heavy atom. The smallest absolute Gasteiger partial charge is 0.261 e. The lowest BCUT2D eigenvalue weighted by atomic mass is 10.1. The fourth-order valence-electron chi connectivity index (χ4n) is 2.75. The summed E-state index contributed by atoms with van der Waals surface area (Å²) < 4.78 is 0. The molecule has 0 atom stereocenters. The number of phenolic OH excluding ortho intramolecular Hbond substituents is 1. The van der Waals surface area contributed by atoms with Crippen LogP contribution in [-0.4, -0.2) is 28.4 Å². The zero-order valence-electron chi connectivity index (χ0n) is 12.2. The number of amides is 2. The predicted molar refractivity (Wildman–Crippen MR) is 82.9 cm³/mol. The maximum absolute atomic E-state index is 12.2. The summed E-state index contributed by atoms with van der Waals surface area (Å²) >= 11 is 0. The molecule has 22 heavy (non-hydrogen) atoms. The number of rotatable bonds is 5. The van der Waals surface area contributed by atoms with Crippen LogP contribution in [0.15, 0.2) is 48.5 Å². The highest BCUT2D eigenvalue weighted by Gasteiger charge is 2.34. The third-order valence-corrected chi connectivity index (χ3v) is 3.89. The molecule has 2 amide bonds. The van der Waals surface area contributed by atoms with E-state index in [2.05, 4.69) is 0 Å². The van der Waals surface area contributed by atoms with Gasteiger partial charge in [-0.1, -0.05) is 24.3 Å². The molecule has 0 unspecified atom stereocenters. The van der Waals surface area contributed by atoms with Gasteiger partial charge in [0.1, 0.15) is 5.75 Å². The van der Waals surface area contributed by atoms with Crippen LogP contribution in [0.1, 0.15) is 39.1 Å². The normalized spacial score (nSPS) is 13.5. The van der Waals surface area contributed by atoms with Gasteiger partial charge in [-0.15, -0.1) is 0 Å². The van der Waals surface area contributed by atoms with Crippen molar-refractivity contribution in [2.45, 2.75) is 19.3 Å². The zero-order chi connectivity index (χ0) is 15.5. The summed E-state index contributed by atoms with van der Waals surface area (Å²) in [6.45, 7) is 0.436. The number of nitrogens with zero attached hydrogens (tertiary/aromatic N) is 1. The van der Waals surface area contributed by atoms with E-state index in [1.54, 1.807) is 36.4 Å². The molecular weight excluding hydrogens is 278 g/mol.